The van der Waals surface area contributed by atoms with Gasteiger partial charge in [0.1, 0.15) is 5.82 Å². The van der Waals surface area contributed by atoms with Crippen LogP contribution >= 0.6 is 0 Å². The number of carbonyl (C=O) groups excluding carboxylic acids is 1. The van der Waals surface area contributed by atoms with E-state index in [-0.39, 0.29) is 16.6 Å². The minimum Gasteiger partial charge on any atom is -0.352 e. The predicted molar refractivity (Wildman–Crippen MR) is 94.4 cm³/mol. The maximum absolute atomic E-state index is 12.8. The van der Waals surface area contributed by atoms with Gasteiger partial charge in [0.25, 0.3) is 5.91 Å². The number of hydrogen-bond donors (Lipinski definition) is 1. The minimum atomic E-state index is -3.57. The van der Waals surface area contributed by atoms with Gasteiger partial charge in [-0.1, -0.05) is 18.2 Å². The van der Waals surface area contributed by atoms with E-state index in [9.17, 15) is 17.6 Å². The van der Waals surface area contributed by atoms with Crippen LogP contribution in [0.2, 0.25) is 0 Å². The molecule has 0 heterocycles. The summed E-state index contributed by atoms with van der Waals surface area (Å²) in [6.07, 6.45) is 1.42. The number of benzene rings is 2. The third-order valence-electron chi connectivity index (χ3n) is 3.72. The highest BCUT2D eigenvalue weighted by Crippen LogP contribution is 2.15. The highest BCUT2D eigenvalue weighted by molar-refractivity contribution is 7.89. The Labute approximate surface area is 147 Å². The molecule has 0 fully saturated rings. The maximum Gasteiger partial charge on any atom is 0.251 e. The highest BCUT2D eigenvalue weighted by Gasteiger charge is 2.18. The fourth-order valence-corrected chi connectivity index (χ4v) is 3.20. The molecule has 0 spiro atoms. The van der Waals surface area contributed by atoms with Gasteiger partial charge >= 0.3 is 0 Å². The van der Waals surface area contributed by atoms with Crippen LogP contribution in [0.25, 0.3) is 0 Å². The summed E-state index contributed by atoms with van der Waals surface area (Å²) in [5.74, 6) is -0.598. The third kappa shape index (κ3) is 5.11. The lowest BCUT2D eigenvalue weighted by Gasteiger charge is -2.12. The van der Waals surface area contributed by atoms with E-state index in [1.165, 1.54) is 38.4 Å². The molecule has 134 valence electrons. The second-order valence-corrected chi connectivity index (χ2v) is 7.95. The summed E-state index contributed by atoms with van der Waals surface area (Å²) in [7, 11) is -0.691. The number of amides is 1. The third-order valence-corrected chi connectivity index (χ3v) is 5.53. The molecule has 0 unspecified atom stereocenters. The number of carbonyl (C=O) groups is 1. The molecule has 7 heteroatoms. The Hall–Kier alpha value is -2.25. The van der Waals surface area contributed by atoms with Gasteiger partial charge in [-0.05, 0) is 48.7 Å². The molecule has 0 radical (unpaired) electrons. The van der Waals surface area contributed by atoms with Gasteiger partial charge in [-0.3, -0.25) is 4.79 Å². The van der Waals surface area contributed by atoms with Crippen molar-refractivity contribution in [1.29, 1.82) is 0 Å². The van der Waals surface area contributed by atoms with Crippen molar-refractivity contribution in [3.8, 4) is 0 Å². The Morgan fingerprint density at radius 2 is 1.80 bits per heavy atom. The number of aryl methyl sites for hydroxylation is 1. The Morgan fingerprint density at radius 1 is 1.12 bits per heavy atom. The SMILES string of the molecule is CN(C)S(=O)(=O)c1cccc(C(=O)NCCCc2ccc(F)cc2)c1. The van der Waals surface area contributed by atoms with E-state index in [1.54, 1.807) is 24.3 Å². The second-order valence-electron chi connectivity index (χ2n) is 5.80. The summed E-state index contributed by atoms with van der Waals surface area (Å²) in [5.41, 5.74) is 1.29. The Morgan fingerprint density at radius 3 is 2.44 bits per heavy atom. The molecule has 0 aliphatic heterocycles. The topological polar surface area (TPSA) is 66.5 Å². The van der Waals surface area contributed by atoms with Crippen LogP contribution in [0.1, 0.15) is 22.3 Å². The standard InChI is InChI=1S/C18H21FN2O3S/c1-21(2)25(23,24)17-7-3-6-15(13-17)18(22)20-12-4-5-14-8-10-16(19)11-9-14/h3,6-11,13H,4-5,12H2,1-2H3,(H,20,22). The van der Waals surface area contributed by atoms with E-state index >= 15 is 0 Å². The zero-order valence-corrected chi connectivity index (χ0v) is 15.0. The van der Waals surface area contributed by atoms with E-state index in [4.69, 9.17) is 0 Å². The molecule has 5 nitrogen and oxygen atoms in total. The van der Waals surface area contributed by atoms with Gasteiger partial charge in [0.15, 0.2) is 0 Å². The largest absolute Gasteiger partial charge is 0.352 e. The summed E-state index contributed by atoms with van der Waals surface area (Å²) in [6, 6.07) is 12.2. The van der Waals surface area contributed by atoms with Crippen molar-refractivity contribution in [3.05, 3.63) is 65.5 Å². The monoisotopic (exact) mass is 364 g/mol. The maximum atomic E-state index is 12.8. The van der Waals surface area contributed by atoms with Crippen LogP contribution in [0.5, 0.6) is 0 Å². The first kappa shape index (κ1) is 19.1. The van der Waals surface area contributed by atoms with Gasteiger partial charge in [-0.25, -0.2) is 17.1 Å². The summed E-state index contributed by atoms with van der Waals surface area (Å²) in [6.45, 7) is 0.445. The molecule has 0 atom stereocenters. The van der Waals surface area contributed by atoms with Crippen LogP contribution in [-0.2, 0) is 16.4 Å². The van der Waals surface area contributed by atoms with E-state index < -0.39 is 10.0 Å². The molecule has 0 aliphatic carbocycles. The zero-order valence-electron chi connectivity index (χ0n) is 14.2. The fraction of sp³-hybridized carbons (Fsp3) is 0.278. The number of nitrogens with one attached hydrogen (secondary N) is 1. The van der Waals surface area contributed by atoms with Crippen LogP contribution in [0, 0.1) is 5.82 Å². The Balaban J connectivity index is 1.92. The summed E-state index contributed by atoms with van der Waals surface area (Å²) >= 11 is 0. The van der Waals surface area contributed by atoms with Crippen molar-refractivity contribution >= 4 is 15.9 Å². The molecule has 2 rings (SSSR count). The molecule has 2 aromatic rings. The number of nitrogens with zero attached hydrogens (tertiary/aromatic N) is 1. The van der Waals surface area contributed by atoms with E-state index in [0.717, 1.165) is 16.3 Å². The average molecular weight is 364 g/mol. The fourth-order valence-electron chi connectivity index (χ4n) is 2.26. The molecule has 0 saturated carbocycles. The smallest absolute Gasteiger partial charge is 0.251 e. The quantitative estimate of drug-likeness (QED) is 0.768. The van der Waals surface area contributed by atoms with Gasteiger partial charge in [0, 0.05) is 26.2 Å². The lowest BCUT2D eigenvalue weighted by molar-refractivity contribution is 0.0953. The van der Waals surface area contributed by atoms with E-state index in [0.29, 0.717) is 18.5 Å². The summed E-state index contributed by atoms with van der Waals surface area (Å²) in [4.78, 5) is 12.3. The van der Waals surface area contributed by atoms with Gasteiger partial charge in [0.05, 0.1) is 4.90 Å². The average Bonchev–Trinajstić information content (AvgIpc) is 2.60. The molecule has 2 aromatic carbocycles. The summed E-state index contributed by atoms with van der Waals surface area (Å²) < 4.78 is 38.2. The molecule has 1 amide bonds. The van der Waals surface area contributed by atoms with E-state index in [1.807, 2.05) is 0 Å². The van der Waals surface area contributed by atoms with Crippen LogP contribution in [-0.4, -0.2) is 39.3 Å². The lowest BCUT2D eigenvalue weighted by Crippen LogP contribution is -2.26. The molecule has 25 heavy (non-hydrogen) atoms. The van der Waals surface area contributed by atoms with Gasteiger partial charge in [0.2, 0.25) is 10.0 Å². The number of sulfonamides is 1. The lowest BCUT2D eigenvalue weighted by atomic mass is 10.1. The number of rotatable bonds is 7. The first-order valence-electron chi connectivity index (χ1n) is 7.86. The molecule has 1 N–H and O–H groups in total. The predicted octanol–water partition coefficient (Wildman–Crippen LogP) is 2.44. The number of hydrogen-bond acceptors (Lipinski definition) is 3. The molecule has 0 bridgehead atoms. The van der Waals surface area contributed by atoms with E-state index in [2.05, 4.69) is 5.32 Å². The molecule has 0 aliphatic rings. The van der Waals surface area contributed by atoms with Crippen LogP contribution < -0.4 is 5.32 Å². The van der Waals surface area contributed by atoms with Crippen LogP contribution in [0.4, 0.5) is 4.39 Å². The van der Waals surface area contributed by atoms with Gasteiger partial charge in [-0.15, -0.1) is 0 Å². The minimum absolute atomic E-state index is 0.0801. The van der Waals surface area contributed by atoms with Crippen molar-refractivity contribution in [1.82, 2.24) is 9.62 Å². The molecule has 0 aromatic heterocycles. The first-order chi connectivity index (χ1) is 11.8. The van der Waals surface area contributed by atoms with Gasteiger partial charge in [-0.2, -0.15) is 0 Å². The van der Waals surface area contributed by atoms with Crippen LogP contribution in [0.3, 0.4) is 0 Å². The Bertz CT molecular complexity index is 834. The van der Waals surface area contributed by atoms with Crippen molar-refractivity contribution in [3.63, 3.8) is 0 Å². The molecule has 0 saturated heterocycles. The number of halogens is 1. The van der Waals surface area contributed by atoms with Crippen molar-refractivity contribution < 1.29 is 17.6 Å². The molecular weight excluding hydrogens is 343 g/mol. The van der Waals surface area contributed by atoms with Crippen molar-refractivity contribution in [2.24, 2.45) is 0 Å². The molecular formula is C18H21FN2O3S. The van der Waals surface area contributed by atoms with Crippen LogP contribution in [0.15, 0.2) is 53.4 Å². The first-order valence-corrected chi connectivity index (χ1v) is 9.30. The highest BCUT2D eigenvalue weighted by atomic mass is 32.2. The normalized spacial score (nSPS) is 11.5. The van der Waals surface area contributed by atoms with Gasteiger partial charge < -0.3 is 5.32 Å². The zero-order chi connectivity index (χ0) is 18.4. The van der Waals surface area contributed by atoms with Crippen molar-refractivity contribution in [2.45, 2.75) is 17.7 Å². The van der Waals surface area contributed by atoms with Crippen molar-refractivity contribution in [2.75, 3.05) is 20.6 Å². The second kappa shape index (κ2) is 8.22. The summed E-state index contributed by atoms with van der Waals surface area (Å²) in [5, 5.41) is 2.77. The Kier molecular flexibility index (Phi) is 6.27.